The third-order valence-corrected chi connectivity index (χ3v) is 2.78. The van der Waals surface area contributed by atoms with Crippen LogP contribution in [0.1, 0.15) is 5.56 Å². The maximum Gasteiger partial charge on any atom is 0.0717 e. The Labute approximate surface area is 92.7 Å². The standard InChI is InChI=1S/C11H9Cl2N/c12-6-5-8-7-14-10-4-2-1-3-9(10)11(8)13/h1-4,7H,5-6H2. The van der Waals surface area contributed by atoms with Crippen molar-refractivity contribution in [3.05, 3.63) is 41.0 Å². The molecule has 3 heteroatoms. The molecule has 0 N–H and O–H groups in total. The highest BCUT2D eigenvalue weighted by Gasteiger charge is 2.04. The van der Waals surface area contributed by atoms with Crippen LogP contribution in [0.5, 0.6) is 0 Å². The summed E-state index contributed by atoms with van der Waals surface area (Å²) >= 11 is 11.9. The highest BCUT2D eigenvalue weighted by atomic mass is 35.5. The number of rotatable bonds is 2. The lowest BCUT2D eigenvalue weighted by atomic mass is 10.1. The van der Waals surface area contributed by atoms with Crippen LogP contribution in [0.3, 0.4) is 0 Å². The van der Waals surface area contributed by atoms with Gasteiger partial charge in [-0.15, -0.1) is 11.6 Å². The summed E-state index contributed by atoms with van der Waals surface area (Å²) in [5.74, 6) is 0.569. The van der Waals surface area contributed by atoms with Crippen LogP contribution in [0.2, 0.25) is 5.02 Å². The quantitative estimate of drug-likeness (QED) is 0.712. The van der Waals surface area contributed by atoms with Crippen LogP contribution in [-0.2, 0) is 6.42 Å². The molecule has 0 spiro atoms. The number of aromatic nitrogens is 1. The van der Waals surface area contributed by atoms with Gasteiger partial charge in [0, 0.05) is 17.5 Å². The fraction of sp³-hybridized carbons (Fsp3) is 0.182. The van der Waals surface area contributed by atoms with Crippen LogP contribution in [-0.4, -0.2) is 10.9 Å². The summed E-state index contributed by atoms with van der Waals surface area (Å²) in [5.41, 5.74) is 1.94. The van der Waals surface area contributed by atoms with Gasteiger partial charge in [0.25, 0.3) is 0 Å². The minimum absolute atomic E-state index is 0.569. The van der Waals surface area contributed by atoms with E-state index in [4.69, 9.17) is 23.2 Å². The topological polar surface area (TPSA) is 12.9 Å². The first-order chi connectivity index (χ1) is 6.83. The monoisotopic (exact) mass is 225 g/mol. The average Bonchev–Trinajstić information content (AvgIpc) is 2.23. The zero-order valence-corrected chi connectivity index (χ0v) is 9.02. The highest BCUT2D eigenvalue weighted by molar-refractivity contribution is 6.36. The molecule has 0 amide bonds. The Morgan fingerprint density at radius 3 is 2.79 bits per heavy atom. The van der Waals surface area contributed by atoms with Gasteiger partial charge in [0.15, 0.2) is 0 Å². The molecule has 0 fully saturated rings. The number of hydrogen-bond acceptors (Lipinski definition) is 1. The molecular formula is C11H9Cl2N. The first-order valence-electron chi connectivity index (χ1n) is 4.41. The van der Waals surface area contributed by atoms with Crippen LogP contribution < -0.4 is 0 Å². The first-order valence-corrected chi connectivity index (χ1v) is 5.32. The summed E-state index contributed by atoms with van der Waals surface area (Å²) in [6.07, 6.45) is 2.56. The molecular weight excluding hydrogens is 217 g/mol. The Morgan fingerprint density at radius 2 is 2.00 bits per heavy atom. The number of hydrogen-bond donors (Lipinski definition) is 0. The van der Waals surface area contributed by atoms with Gasteiger partial charge < -0.3 is 0 Å². The van der Waals surface area contributed by atoms with Gasteiger partial charge in [0.05, 0.1) is 10.5 Å². The molecule has 0 unspecified atom stereocenters. The van der Waals surface area contributed by atoms with Gasteiger partial charge in [-0.3, -0.25) is 4.98 Å². The maximum atomic E-state index is 6.22. The normalized spacial score (nSPS) is 10.7. The first kappa shape index (κ1) is 9.75. The van der Waals surface area contributed by atoms with E-state index >= 15 is 0 Å². The number of aryl methyl sites for hydroxylation is 1. The van der Waals surface area contributed by atoms with Gasteiger partial charge in [0.1, 0.15) is 0 Å². The smallest absolute Gasteiger partial charge is 0.0717 e. The summed E-state index contributed by atoms with van der Waals surface area (Å²) in [7, 11) is 0. The van der Waals surface area contributed by atoms with E-state index in [-0.39, 0.29) is 0 Å². The van der Waals surface area contributed by atoms with E-state index in [0.717, 1.165) is 27.9 Å². The van der Waals surface area contributed by atoms with E-state index in [9.17, 15) is 0 Å². The highest BCUT2D eigenvalue weighted by Crippen LogP contribution is 2.25. The van der Waals surface area contributed by atoms with Crippen molar-refractivity contribution in [2.75, 3.05) is 5.88 Å². The predicted octanol–water partition coefficient (Wildman–Crippen LogP) is 3.67. The lowest BCUT2D eigenvalue weighted by Gasteiger charge is -2.04. The van der Waals surface area contributed by atoms with Gasteiger partial charge in [0.2, 0.25) is 0 Å². The Morgan fingerprint density at radius 1 is 1.21 bits per heavy atom. The second kappa shape index (κ2) is 4.16. The molecule has 1 aromatic heterocycles. The summed E-state index contributed by atoms with van der Waals surface area (Å²) in [6, 6.07) is 7.83. The Kier molecular flexibility index (Phi) is 2.90. The third kappa shape index (κ3) is 1.70. The van der Waals surface area contributed by atoms with Crippen LogP contribution in [0.15, 0.2) is 30.5 Å². The van der Waals surface area contributed by atoms with Crippen molar-refractivity contribution in [1.29, 1.82) is 0 Å². The molecule has 0 aliphatic carbocycles. The fourth-order valence-electron chi connectivity index (χ4n) is 1.43. The van der Waals surface area contributed by atoms with Gasteiger partial charge in [-0.25, -0.2) is 0 Å². The van der Waals surface area contributed by atoms with E-state index in [1.807, 2.05) is 24.3 Å². The Hall–Kier alpha value is -0.790. The minimum atomic E-state index is 0.569. The summed E-state index contributed by atoms with van der Waals surface area (Å²) < 4.78 is 0. The van der Waals surface area contributed by atoms with Gasteiger partial charge >= 0.3 is 0 Å². The number of fused-ring (bicyclic) bond motifs is 1. The number of pyridine rings is 1. The second-order valence-corrected chi connectivity index (χ2v) is 3.81. The van der Waals surface area contributed by atoms with E-state index in [1.165, 1.54) is 0 Å². The van der Waals surface area contributed by atoms with E-state index in [1.54, 1.807) is 6.20 Å². The SMILES string of the molecule is ClCCc1cnc2ccccc2c1Cl. The van der Waals surface area contributed by atoms with Crippen molar-refractivity contribution in [2.45, 2.75) is 6.42 Å². The van der Waals surface area contributed by atoms with Crippen molar-refractivity contribution < 1.29 is 0 Å². The molecule has 1 aromatic carbocycles. The summed E-state index contributed by atoms with van der Waals surface area (Å²) in [4.78, 5) is 4.32. The molecule has 72 valence electrons. The predicted molar refractivity (Wildman–Crippen MR) is 61.2 cm³/mol. The molecule has 0 aliphatic rings. The summed E-state index contributed by atoms with van der Waals surface area (Å²) in [5, 5.41) is 1.77. The second-order valence-electron chi connectivity index (χ2n) is 3.05. The molecule has 1 heterocycles. The van der Waals surface area contributed by atoms with Crippen molar-refractivity contribution in [2.24, 2.45) is 0 Å². The van der Waals surface area contributed by atoms with Crippen molar-refractivity contribution >= 4 is 34.1 Å². The number of alkyl halides is 1. The van der Waals surface area contributed by atoms with Crippen molar-refractivity contribution in [3.63, 3.8) is 0 Å². The lowest BCUT2D eigenvalue weighted by Crippen LogP contribution is -1.91. The largest absolute Gasteiger partial charge is 0.256 e. The average molecular weight is 226 g/mol. The molecule has 2 rings (SSSR count). The maximum absolute atomic E-state index is 6.22. The molecule has 2 aromatic rings. The van der Waals surface area contributed by atoms with Crippen LogP contribution in [0.4, 0.5) is 0 Å². The third-order valence-electron chi connectivity index (χ3n) is 2.15. The molecule has 0 bridgehead atoms. The number of halogens is 2. The molecule has 0 atom stereocenters. The summed E-state index contributed by atoms with van der Waals surface area (Å²) in [6.45, 7) is 0. The van der Waals surface area contributed by atoms with Crippen LogP contribution in [0.25, 0.3) is 10.9 Å². The molecule has 1 nitrogen and oxygen atoms in total. The van der Waals surface area contributed by atoms with Crippen LogP contribution >= 0.6 is 23.2 Å². The van der Waals surface area contributed by atoms with Gasteiger partial charge in [-0.05, 0) is 18.1 Å². The zero-order valence-electron chi connectivity index (χ0n) is 7.50. The lowest BCUT2D eigenvalue weighted by molar-refractivity contribution is 1.13. The Bertz CT molecular complexity index is 454. The van der Waals surface area contributed by atoms with Gasteiger partial charge in [-0.1, -0.05) is 29.8 Å². The molecule has 0 saturated carbocycles. The molecule has 14 heavy (non-hydrogen) atoms. The number of benzene rings is 1. The molecule has 0 radical (unpaired) electrons. The zero-order chi connectivity index (χ0) is 9.97. The van der Waals surface area contributed by atoms with Crippen molar-refractivity contribution in [1.82, 2.24) is 4.98 Å². The van der Waals surface area contributed by atoms with E-state index in [0.29, 0.717) is 5.88 Å². The minimum Gasteiger partial charge on any atom is -0.256 e. The molecule has 0 saturated heterocycles. The van der Waals surface area contributed by atoms with Crippen LogP contribution in [0, 0.1) is 0 Å². The van der Waals surface area contributed by atoms with E-state index in [2.05, 4.69) is 4.98 Å². The van der Waals surface area contributed by atoms with Crippen molar-refractivity contribution in [3.8, 4) is 0 Å². The number of para-hydroxylation sites is 1. The Balaban J connectivity index is 2.63. The van der Waals surface area contributed by atoms with Gasteiger partial charge in [-0.2, -0.15) is 0 Å². The van der Waals surface area contributed by atoms with E-state index < -0.39 is 0 Å². The molecule has 0 aliphatic heterocycles. The number of nitrogens with zero attached hydrogens (tertiary/aromatic N) is 1. The fourth-order valence-corrected chi connectivity index (χ4v) is 1.93.